The molecule has 3 heterocycles. The third kappa shape index (κ3) is 6.95. The van der Waals surface area contributed by atoms with Gasteiger partial charge in [0, 0.05) is 37.8 Å². The number of ether oxygens (including phenoxy) is 1. The van der Waals surface area contributed by atoms with Gasteiger partial charge in [-0.25, -0.2) is 8.42 Å². The third-order valence-electron chi connectivity index (χ3n) is 7.01. The average Bonchev–Trinajstić information content (AvgIpc) is 3.50. The van der Waals surface area contributed by atoms with Crippen molar-refractivity contribution in [3.63, 3.8) is 0 Å². The number of carbonyl (C=O) groups is 1. The van der Waals surface area contributed by atoms with Gasteiger partial charge >= 0.3 is 0 Å². The molecule has 4 aromatic rings. The van der Waals surface area contributed by atoms with E-state index < -0.39 is 10.0 Å². The van der Waals surface area contributed by atoms with E-state index in [0.29, 0.717) is 37.5 Å². The van der Waals surface area contributed by atoms with Crippen LogP contribution < -0.4 is 0 Å². The average molecular weight is 563 g/mol. The van der Waals surface area contributed by atoms with Crippen LogP contribution in [0.3, 0.4) is 0 Å². The number of aromatic nitrogens is 1. The van der Waals surface area contributed by atoms with Crippen molar-refractivity contribution in [3.05, 3.63) is 96.6 Å². The molecule has 0 aliphatic carbocycles. The van der Waals surface area contributed by atoms with Gasteiger partial charge in [0.2, 0.25) is 15.9 Å². The molecule has 0 bridgehead atoms. The van der Waals surface area contributed by atoms with Crippen molar-refractivity contribution >= 4 is 26.8 Å². The summed E-state index contributed by atoms with van der Waals surface area (Å²) in [6.45, 7) is 4.16. The zero-order chi connectivity index (χ0) is 27.8. The molecule has 0 spiro atoms. The van der Waals surface area contributed by atoms with Crippen molar-refractivity contribution in [3.8, 4) is 0 Å². The number of amides is 1. The van der Waals surface area contributed by atoms with Crippen LogP contribution in [0.4, 0.5) is 0 Å². The maximum Gasteiger partial charge on any atom is 0.245 e. The SMILES string of the molecule is O=C(CN(CCCN1CCOCC1)S(=O)(=O)c1cccc2cccnc12)N(Cc1ccccc1)Cc1ccco1. The Kier molecular flexibility index (Phi) is 9.22. The Morgan fingerprint density at radius 1 is 0.925 bits per heavy atom. The predicted molar refractivity (Wildman–Crippen MR) is 152 cm³/mol. The third-order valence-corrected chi connectivity index (χ3v) is 8.88. The molecular formula is C30H34N4O5S. The summed E-state index contributed by atoms with van der Waals surface area (Å²) in [5.41, 5.74) is 1.34. The highest BCUT2D eigenvalue weighted by Gasteiger charge is 2.30. The fraction of sp³-hybridized carbons (Fsp3) is 0.333. The van der Waals surface area contributed by atoms with Crippen LogP contribution >= 0.6 is 0 Å². The molecule has 9 nitrogen and oxygen atoms in total. The fourth-order valence-electron chi connectivity index (χ4n) is 4.88. The Labute approximate surface area is 235 Å². The van der Waals surface area contributed by atoms with Gasteiger partial charge in [0.15, 0.2) is 0 Å². The minimum atomic E-state index is -4.04. The molecule has 2 aromatic heterocycles. The summed E-state index contributed by atoms with van der Waals surface area (Å²) in [5, 5.41) is 0.728. The van der Waals surface area contributed by atoms with Crippen LogP contribution in [0.5, 0.6) is 0 Å². The number of hydrogen-bond donors (Lipinski definition) is 0. The molecule has 0 radical (unpaired) electrons. The van der Waals surface area contributed by atoms with E-state index in [0.717, 1.165) is 30.6 Å². The first-order valence-corrected chi connectivity index (χ1v) is 14.9. The summed E-state index contributed by atoms with van der Waals surface area (Å²) in [6.07, 6.45) is 3.73. The second-order valence-electron chi connectivity index (χ2n) is 9.79. The molecule has 5 rings (SSSR count). The van der Waals surface area contributed by atoms with Gasteiger partial charge in [-0.2, -0.15) is 4.31 Å². The second-order valence-corrected chi connectivity index (χ2v) is 11.7. The molecule has 40 heavy (non-hydrogen) atoms. The van der Waals surface area contributed by atoms with E-state index in [1.54, 1.807) is 41.6 Å². The van der Waals surface area contributed by atoms with Gasteiger partial charge in [0.1, 0.15) is 10.7 Å². The number of carbonyl (C=O) groups excluding carboxylic acids is 1. The lowest BCUT2D eigenvalue weighted by Crippen LogP contribution is -2.44. The van der Waals surface area contributed by atoms with Crippen LogP contribution in [0.2, 0.25) is 0 Å². The van der Waals surface area contributed by atoms with Crippen molar-refractivity contribution < 1.29 is 22.4 Å². The molecule has 1 aliphatic heterocycles. The Morgan fingerprint density at radius 2 is 1.73 bits per heavy atom. The predicted octanol–water partition coefficient (Wildman–Crippen LogP) is 3.77. The summed E-state index contributed by atoms with van der Waals surface area (Å²) in [6, 6.07) is 21.9. The van der Waals surface area contributed by atoms with Crippen LogP contribution in [0.15, 0.2) is 94.6 Å². The smallest absolute Gasteiger partial charge is 0.245 e. The van der Waals surface area contributed by atoms with Crippen LogP contribution in [0, 0.1) is 0 Å². The lowest BCUT2D eigenvalue weighted by Gasteiger charge is -2.29. The number of sulfonamides is 1. The summed E-state index contributed by atoms with van der Waals surface area (Å²) >= 11 is 0. The number of rotatable bonds is 12. The number of morpholine rings is 1. The Balaban J connectivity index is 1.41. The second kappa shape index (κ2) is 13.2. The number of pyridine rings is 1. The fourth-order valence-corrected chi connectivity index (χ4v) is 6.47. The Bertz CT molecular complexity index is 1480. The van der Waals surface area contributed by atoms with Gasteiger partial charge in [-0.15, -0.1) is 0 Å². The van der Waals surface area contributed by atoms with Crippen LogP contribution in [-0.2, 0) is 32.6 Å². The number of hydrogen-bond acceptors (Lipinski definition) is 7. The molecule has 1 saturated heterocycles. The molecule has 10 heteroatoms. The van der Waals surface area contributed by atoms with Crippen molar-refractivity contribution in [2.75, 3.05) is 45.9 Å². The minimum Gasteiger partial charge on any atom is -0.467 e. The van der Waals surface area contributed by atoms with Gasteiger partial charge in [-0.05, 0) is 42.8 Å². The van der Waals surface area contributed by atoms with Gasteiger partial charge in [-0.1, -0.05) is 48.5 Å². The molecule has 0 atom stereocenters. The number of furan rings is 1. The summed E-state index contributed by atoms with van der Waals surface area (Å²) in [7, 11) is -4.04. The number of para-hydroxylation sites is 1. The molecule has 2 aromatic carbocycles. The lowest BCUT2D eigenvalue weighted by molar-refractivity contribution is -0.133. The molecule has 0 N–H and O–H groups in total. The minimum absolute atomic E-state index is 0.102. The van der Waals surface area contributed by atoms with Gasteiger partial charge in [0.25, 0.3) is 0 Å². The number of nitrogens with zero attached hydrogens (tertiary/aromatic N) is 4. The summed E-state index contributed by atoms with van der Waals surface area (Å²) < 4.78 is 40.5. The normalized spacial score (nSPS) is 14.5. The van der Waals surface area contributed by atoms with E-state index in [4.69, 9.17) is 9.15 Å². The molecule has 1 amide bonds. The zero-order valence-corrected chi connectivity index (χ0v) is 23.2. The molecule has 1 fully saturated rings. The topological polar surface area (TPSA) is 96.2 Å². The first kappa shape index (κ1) is 28.0. The van der Waals surface area contributed by atoms with E-state index in [2.05, 4.69) is 9.88 Å². The van der Waals surface area contributed by atoms with Crippen LogP contribution in [0.1, 0.15) is 17.7 Å². The van der Waals surface area contributed by atoms with Crippen molar-refractivity contribution in [2.24, 2.45) is 0 Å². The molecule has 210 valence electrons. The molecule has 0 saturated carbocycles. The summed E-state index contributed by atoms with van der Waals surface area (Å²) in [4.78, 5) is 22.2. The molecule has 1 aliphatic rings. The van der Waals surface area contributed by atoms with Crippen LogP contribution in [-0.4, -0.2) is 79.4 Å². The van der Waals surface area contributed by atoms with Gasteiger partial charge in [-0.3, -0.25) is 14.7 Å². The summed E-state index contributed by atoms with van der Waals surface area (Å²) in [5.74, 6) is 0.327. The Morgan fingerprint density at radius 3 is 2.50 bits per heavy atom. The highest BCUT2D eigenvalue weighted by molar-refractivity contribution is 7.89. The van der Waals surface area contributed by atoms with E-state index in [1.807, 2.05) is 48.5 Å². The first-order valence-electron chi connectivity index (χ1n) is 13.5. The van der Waals surface area contributed by atoms with Crippen molar-refractivity contribution in [1.82, 2.24) is 19.1 Å². The van der Waals surface area contributed by atoms with Gasteiger partial charge in [0.05, 0.1) is 38.1 Å². The van der Waals surface area contributed by atoms with E-state index in [-0.39, 0.29) is 30.4 Å². The van der Waals surface area contributed by atoms with E-state index >= 15 is 0 Å². The number of benzene rings is 2. The quantitative estimate of drug-likeness (QED) is 0.259. The van der Waals surface area contributed by atoms with Crippen LogP contribution in [0.25, 0.3) is 10.9 Å². The largest absolute Gasteiger partial charge is 0.467 e. The van der Waals surface area contributed by atoms with Crippen molar-refractivity contribution in [1.29, 1.82) is 0 Å². The molecule has 0 unspecified atom stereocenters. The highest BCUT2D eigenvalue weighted by atomic mass is 32.2. The van der Waals surface area contributed by atoms with Crippen molar-refractivity contribution in [2.45, 2.75) is 24.4 Å². The first-order chi connectivity index (χ1) is 19.5. The number of fused-ring (bicyclic) bond motifs is 1. The lowest BCUT2D eigenvalue weighted by atomic mass is 10.2. The van der Waals surface area contributed by atoms with E-state index in [1.165, 1.54) is 4.31 Å². The Hall–Kier alpha value is -3.57. The van der Waals surface area contributed by atoms with Gasteiger partial charge < -0.3 is 14.1 Å². The molecular weight excluding hydrogens is 528 g/mol. The maximum atomic E-state index is 14.1. The monoisotopic (exact) mass is 562 g/mol. The maximum absolute atomic E-state index is 14.1. The highest BCUT2D eigenvalue weighted by Crippen LogP contribution is 2.25. The zero-order valence-electron chi connectivity index (χ0n) is 22.4. The van der Waals surface area contributed by atoms with E-state index in [9.17, 15) is 13.2 Å². The standard InChI is InChI=1S/C30H34N4O5S/c35-29(33(23-27-12-6-19-39-27)22-25-8-2-1-3-9-25)24-34(16-7-15-32-17-20-38-21-18-32)40(36,37)28-13-4-10-26-11-5-14-31-30(26)28/h1-6,8-14,19H,7,15-18,20-24H2.